The number of alkyl halides is 3. The topological polar surface area (TPSA) is 133 Å². The highest BCUT2D eigenvalue weighted by Crippen LogP contribution is 2.28. The third kappa shape index (κ3) is 4.86. The van der Waals surface area contributed by atoms with Gasteiger partial charge in [0.05, 0.1) is 18.8 Å². The Balaban J connectivity index is 0.000000271. The molecule has 5 rings (SSSR count). The molecule has 1 saturated heterocycles. The maximum Gasteiger partial charge on any atom is 0.256 e. The van der Waals surface area contributed by atoms with E-state index < -0.39 is 19.1 Å². The molecule has 0 bridgehead atoms. The minimum atomic E-state index is -2.52. The summed E-state index contributed by atoms with van der Waals surface area (Å²) in [5, 5.41) is 4.04. The average molecular weight is 485 g/mol. The van der Waals surface area contributed by atoms with Crippen LogP contribution >= 0.6 is 0 Å². The van der Waals surface area contributed by atoms with E-state index in [1.165, 1.54) is 20.9 Å². The molecule has 0 spiro atoms. The molecule has 1 aliphatic rings. The zero-order chi connectivity index (χ0) is 25.4. The lowest BCUT2D eigenvalue weighted by atomic mass is 10.0. The summed E-state index contributed by atoms with van der Waals surface area (Å²) < 4.78 is 40.9. The fourth-order valence-corrected chi connectivity index (χ4v) is 4.00. The molecule has 1 fully saturated rings. The Morgan fingerprint density at radius 3 is 2.60 bits per heavy atom. The van der Waals surface area contributed by atoms with Crippen LogP contribution in [0.25, 0.3) is 27.9 Å². The average Bonchev–Trinajstić information content (AvgIpc) is 3.44. The number of amides is 1. The van der Waals surface area contributed by atoms with Crippen molar-refractivity contribution in [2.45, 2.75) is 39.4 Å². The molecule has 14 heteroatoms. The van der Waals surface area contributed by atoms with E-state index in [1.807, 2.05) is 0 Å². The summed E-state index contributed by atoms with van der Waals surface area (Å²) in [6.07, 6.45) is -2.79. The first-order valence-electron chi connectivity index (χ1n) is 10.8. The molecule has 5 heterocycles. The summed E-state index contributed by atoms with van der Waals surface area (Å²) >= 11 is 0. The van der Waals surface area contributed by atoms with Gasteiger partial charge in [0.25, 0.3) is 6.43 Å². The molecule has 182 valence electrons. The van der Waals surface area contributed by atoms with Crippen LogP contribution in [0.15, 0.2) is 18.2 Å². The van der Waals surface area contributed by atoms with Crippen LogP contribution in [0.2, 0.25) is 0 Å². The number of likely N-dealkylation sites (tertiary alicyclic amines) is 1. The minimum Gasteiger partial charge on any atom is -0.382 e. The van der Waals surface area contributed by atoms with Gasteiger partial charge in [0.1, 0.15) is 30.9 Å². The summed E-state index contributed by atoms with van der Waals surface area (Å²) in [5.74, 6) is 0.568. The fraction of sp³-hybridized carbons (Fsp3) is 0.381. The molecule has 35 heavy (non-hydrogen) atoms. The number of fused-ring (bicyclic) bond motifs is 2. The van der Waals surface area contributed by atoms with Crippen molar-refractivity contribution in [2.75, 3.05) is 24.6 Å². The highest BCUT2D eigenvalue weighted by Gasteiger charge is 2.23. The number of carbonyl (C=O) groups excluding carboxylic acids is 1. The number of nitrogen functional groups attached to an aromatic ring is 2. The normalized spacial score (nSPS) is 15.7. The van der Waals surface area contributed by atoms with Gasteiger partial charge in [-0.2, -0.15) is 4.98 Å². The Hall–Kier alpha value is -3.84. The fourth-order valence-electron chi connectivity index (χ4n) is 4.00. The number of hydrogen-bond acceptors (Lipinski definition) is 7. The second-order valence-electron chi connectivity index (χ2n) is 8.15. The molecule has 0 aliphatic carbocycles. The molecule has 1 aliphatic heterocycles. The number of nitrogens with two attached hydrogens (primary N) is 2. The summed E-state index contributed by atoms with van der Waals surface area (Å²) in [6, 6.07) is 5.06. The molecule has 1 amide bonds. The molecule has 4 N–H and O–H groups in total. The Morgan fingerprint density at radius 1 is 1.26 bits per heavy atom. The lowest BCUT2D eigenvalue weighted by Gasteiger charge is -2.10. The minimum absolute atomic E-state index is 0.0158. The van der Waals surface area contributed by atoms with Crippen molar-refractivity contribution in [3.63, 3.8) is 0 Å². The SMILES string of the molecule is CC(=O)N1CC[C@@H](F)C1.[B]c1cc(-c2ccc3nc(C)n(CC(F)F)c3n2)c2c(N)nc(N)nn12. The third-order valence-electron chi connectivity index (χ3n) is 5.64. The van der Waals surface area contributed by atoms with Gasteiger partial charge in [0.2, 0.25) is 11.9 Å². The number of anilines is 2. The Kier molecular flexibility index (Phi) is 6.54. The smallest absolute Gasteiger partial charge is 0.256 e. The molecule has 0 saturated carbocycles. The summed E-state index contributed by atoms with van der Waals surface area (Å²) in [7, 11) is 5.98. The van der Waals surface area contributed by atoms with E-state index >= 15 is 0 Å². The summed E-state index contributed by atoms with van der Waals surface area (Å²) in [5.41, 5.74) is 14.3. The maximum atomic E-state index is 12.9. The number of nitrogens with zero attached hydrogens (tertiary/aromatic N) is 7. The Morgan fingerprint density at radius 2 is 2.00 bits per heavy atom. The first kappa shape index (κ1) is 24.3. The number of carbonyl (C=O) groups is 1. The standard InChI is InChI=1S/C15H13BF2N8.C6H10FNO/c1-6-21-9-3-2-8(22-14(9)25(6)5-11(17)18)7-4-10(16)26-12(7)13(19)23-15(20)24-26;1-5(9)8-3-2-6(7)4-8/h2-4,11H,5H2,1H3,(H4,19,20,23,24);6H,2-4H2,1H3/t;6-/m.1/s1. The van der Waals surface area contributed by atoms with Crippen LogP contribution in [0, 0.1) is 6.92 Å². The molecular formula is C21H23BF3N9O. The van der Waals surface area contributed by atoms with Crippen molar-refractivity contribution in [1.82, 2.24) is 34.0 Å². The van der Waals surface area contributed by atoms with E-state index in [9.17, 15) is 18.0 Å². The van der Waals surface area contributed by atoms with Crippen molar-refractivity contribution in [1.29, 1.82) is 0 Å². The number of imidazole rings is 1. The van der Waals surface area contributed by atoms with Gasteiger partial charge < -0.3 is 20.9 Å². The van der Waals surface area contributed by atoms with Gasteiger partial charge >= 0.3 is 0 Å². The summed E-state index contributed by atoms with van der Waals surface area (Å²) in [6.45, 7) is 3.53. The number of aryl methyl sites for hydroxylation is 1. The zero-order valence-corrected chi connectivity index (χ0v) is 19.1. The van der Waals surface area contributed by atoms with Gasteiger partial charge in [0, 0.05) is 19.0 Å². The lowest BCUT2D eigenvalue weighted by molar-refractivity contribution is -0.127. The van der Waals surface area contributed by atoms with Gasteiger partial charge in [-0.05, 0) is 37.1 Å². The zero-order valence-electron chi connectivity index (χ0n) is 19.1. The van der Waals surface area contributed by atoms with Crippen LogP contribution < -0.4 is 17.1 Å². The number of rotatable bonds is 3. The monoisotopic (exact) mass is 485 g/mol. The molecule has 1 atom stereocenters. The second-order valence-corrected chi connectivity index (χ2v) is 8.15. The largest absolute Gasteiger partial charge is 0.382 e. The van der Waals surface area contributed by atoms with Crippen LogP contribution in [0.4, 0.5) is 24.9 Å². The first-order chi connectivity index (χ1) is 16.5. The van der Waals surface area contributed by atoms with Gasteiger partial charge in [0.15, 0.2) is 11.5 Å². The van der Waals surface area contributed by atoms with E-state index in [4.69, 9.17) is 19.3 Å². The number of pyridine rings is 1. The van der Waals surface area contributed by atoms with Crippen molar-refractivity contribution >= 4 is 47.8 Å². The highest BCUT2D eigenvalue weighted by atomic mass is 19.3. The van der Waals surface area contributed by atoms with Crippen molar-refractivity contribution in [3.05, 3.63) is 24.0 Å². The van der Waals surface area contributed by atoms with E-state index in [0.29, 0.717) is 58.9 Å². The molecule has 0 aromatic carbocycles. The van der Waals surface area contributed by atoms with Crippen molar-refractivity contribution in [3.8, 4) is 11.3 Å². The van der Waals surface area contributed by atoms with Crippen molar-refractivity contribution in [2.24, 2.45) is 0 Å². The number of halogens is 3. The Bertz CT molecular complexity index is 1400. The maximum absolute atomic E-state index is 12.9. The number of hydrogen-bond donors (Lipinski definition) is 2. The molecular weight excluding hydrogens is 462 g/mol. The molecule has 2 radical (unpaired) electrons. The van der Waals surface area contributed by atoms with Crippen molar-refractivity contribution < 1.29 is 18.0 Å². The molecule has 4 aromatic heterocycles. The van der Waals surface area contributed by atoms with Crippen LogP contribution in [0.1, 0.15) is 19.2 Å². The van der Waals surface area contributed by atoms with Crippen LogP contribution in [-0.4, -0.2) is 73.5 Å². The lowest BCUT2D eigenvalue weighted by Crippen LogP contribution is -2.25. The molecule has 10 nitrogen and oxygen atoms in total. The van der Waals surface area contributed by atoms with Crippen LogP contribution in [0.5, 0.6) is 0 Å². The Labute approximate surface area is 199 Å². The van der Waals surface area contributed by atoms with E-state index in [0.717, 1.165) is 0 Å². The summed E-state index contributed by atoms with van der Waals surface area (Å²) in [4.78, 5) is 24.8. The van der Waals surface area contributed by atoms with E-state index in [1.54, 1.807) is 25.1 Å². The van der Waals surface area contributed by atoms with Gasteiger partial charge in [-0.25, -0.2) is 27.7 Å². The quantitative estimate of drug-likeness (QED) is 0.418. The van der Waals surface area contributed by atoms with Gasteiger partial charge in [-0.1, -0.05) is 0 Å². The predicted octanol–water partition coefficient (Wildman–Crippen LogP) is 1.25. The third-order valence-corrected chi connectivity index (χ3v) is 5.64. The highest BCUT2D eigenvalue weighted by molar-refractivity contribution is 6.32. The second kappa shape index (κ2) is 9.43. The van der Waals surface area contributed by atoms with Crippen LogP contribution in [-0.2, 0) is 11.3 Å². The van der Waals surface area contributed by atoms with E-state index in [-0.39, 0.29) is 17.7 Å². The predicted molar refractivity (Wildman–Crippen MR) is 126 cm³/mol. The van der Waals surface area contributed by atoms with Crippen LogP contribution in [0.3, 0.4) is 0 Å². The van der Waals surface area contributed by atoms with E-state index in [2.05, 4.69) is 20.1 Å². The molecule has 0 unspecified atom stereocenters. The molecule has 4 aromatic rings. The number of aromatic nitrogens is 6. The first-order valence-corrected chi connectivity index (χ1v) is 10.8. The van der Waals surface area contributed by atoms with Gasteiger partial charge in [-0.3, -0.25) is 4.79 Å². The van der Waals surface area contributed by atoms with Gasteiger partial charge in [-0.15, -0.1) is 5.10 Å².